The highest BCUT2D eigenvalue weighted by molar-refractivity contribution is 5.39. The summed E-state index contributed by atoms with van der Waals surface area (Å²) >= 11 is 0. The highest BCUT2D eigenvalue weighted by Crippen LogP contribution is 2.53. The van der Waals surface area contributed by atoms with E-state index >= 15 is 0 Å². The SMILES string of the molecule is c1cc(N2CCC3(CC3)C2)ncn1. The predicted octanol–water partition coefficient (Wildman–Crippen LogP) is 1.47. The van der Waals surface area contributed by atoms with E-state index in [0.717, 1.165) is 5.82 Å². The summed E-state index contributed by atoms with van der Waals surface area (Å²) in [6, 6.07) is 2.00. The van der Waals surface area contributed by atoms with Crippen LogP contribution in [0.15, 0.2) is 18.6 Å². The van der Waals surface area contributed by atoms with E-state index in [1.807, 2.05) is 12.3 Å². The first kappa shape index (κ1) is 7.30. The Morgan fingerprint density at radius 2 is 2.23 bits per heavy atom. The molecule has 13 heavy (non-hydrogen) atoms. The van der Waals surface area contributed by atoms with Crippen molar-refractivity contribution in [2.45, 2.75) is 19.3 Å². The number of aromatic nitrogens is 2. The largest absolute Gasteiger partial charge is 0.356 e. The van der Waals surface area contributed by atoms with Crippen LogP contribution in [0.1, 0.15) is 19.3 Å². The summed E-state index contributed by atoms with van der Waals surface area (Å²) < 4.78 is 0. The lowest BCUT2D eigenvalue weighted by atomic mass is 10.1. The van der Waals surface area contributed by atoms with Crippen molar-refractivity contribution in [2.24, 2.45) is 5.41 Å². The van der Waals surface area contributed by atoms with Gasteiger partial charge in [-0.05, 0) is 30.7 Å². The van der Waals surface area contributed by atoms with Crippen molar-refractivity contribution >= 4 is 5.82 Å². The van der Waals surface area contributed by atoms with E-state index in [2.05, 4.69) is 14.9 Å². The van der Waals surface area contributed by atoms with Gasteiger partial charge < -0.3 is 4.90 Å². The third kappa shape index (κ3) is 1.19. The number of hydrogen-bond donors (Lipinski definition) is 0. The van der Waals surface area contributed by atoms with Crippen LogP contribution >= 0.6 is 0 Å². The van der Waals surface area contributed by atoms with E-state index in [-0.39, 0.29) is 0 Å². The maximum Gasteiger partial charge on any atom is 0.131 e. The van der Waals surface area contributed by atoms with Gasteiger partial charge in [-0.15, -0.1) is 0 Å². The van der Waals surface area contributed by atoms with Gasteiger partial charge in [0.1, 0.15) is 12.1 Å². The van der Waals surface area contributed by atoms with Crippen LogP contribution in [-0.4, -0.2) is 23.1 Å². The fourth-order valence-corrected chi connectivity index (χ4v) is 2.19. The zero-order valence-electron chi connectivity index (χ0n) is 7.61. The first-order valence-corrected chi connectivity index (χ1v) is 4.89. The molecule has 1 spiro atoms. The predicted molar refractivity (Wildman–Crippen MR) is 50.5 cm³/mol. The summed E-state index contributed by atoms with van der Waals surface area (Å²) in [7, 11) is 0. The van der Waals surface area contributed by atoms with Crippen LogP contribution in [0.3, 0.4) is 0 Å². The molecule has 3 heteroatoms. The Bertz CT molecular complexity index is 305. The Morgan fingerprint density at radius 3 is 2.85 bits per heavy atom. The van der Waals surface area contributed by atoms with Gasteiger partial charge in [-0.3, -0.25) is 0 Å². The summed E-state index contributed by atoms with van der Waals surface area (Å²) in [5.41, 5.74) is 0.685. The summed E-state index contributed by atoms with van der Waals surface area (Å²) in [6.45, 7) is 2.39. The second-order valence-corrected chi connectivity index (χ2v) is 4.24. The van der Waals surface area contributed by atoms with Crippen LogP contribution in [0.2, 0.25) is 0 Å². The monoisotopic (exact) mass is 175 g/mol. The Labute approximate surface area is 77.8 Å². The van der Waals surface area contributed by atoms with Crippen LogP contribution in [0, 0.1) is 5.41 Å². The number of nitrogens with zero attached hydrogens (tertiary/aromatic N) is 3. The van der Waals surface area contributed by atoms with Gasteiger partial charge in [0.2, 0.25) is 0 Å². The molecule has 68 valence electrons. The maximum absolute atomic E-state index is 4.27. The third-order valence-corrected chi connectivity index (χ3v) is 3.29. The minimum Gasteiger partial charge on any atom is -0.356 e. The smallest absolute Gasteiger partial charge is 0.131 e. The Morgan fingerprint density at radius 1 is 1.31 bits per heavy atom. The minimum absolute atomic E-state index is 0.685. The van der Waals surface area contributed by atoms with Crippen molar-refractivity contribution in [1.29, 1.82) is 0 Å². The molecule has 3 nitrogen and oxygen atoms in total. The van der Waals surface area contributed by atoms with Gasteiger partial charge in [-0.1, -0.05) is 0 Å². The maximum atomic E-state index is 4.27. The second-order valence-electron chi connectivity index (χ2n) is 4.24. The first-order chi connectivity index (χ1) is 6.38. The topological polar surface area (TPSA) is 29.0 Å². The van der Waals surface area contributed by atoms with Crippen molar-refractivity contribution in [2.75, 3.05) is 18.0 Å². The van der Waals surface area contributed by atoms with Gasteiger partial charge in [-0.25, -0.2) is 9.97 Å². The summed E-state index contributed by atoms with van der Waals surface area (Å²) in [5, 5.41) is 0. The standard InChI is InChI=1S/C10H13N3/c1-5-11-8-12-9(1)13-6-4-10(7-13)2-3-10/h1,5,8H,2-4,6-7H2. The molecule has 1 aromatic rings. The lowest BCUT2D eigenvalue weighted by molar-refractivity contribution is 0.580. The van der Waals surface area contributed by atoms with Gasteiger partial charge in [-0.2, -0.15) is 0 Å². The normalized spacial score (nSPS) is 23.8. The van der Waals surface area contributed by atoms with Gasteiger partial charge in [0.15, 0.2) is 0 Å². The van der Waals surface area contributed by atoms with Gasteiger partial charge >= 0.3 is 0 Å². The van der Waals surface area contributed by atoms with E-state index < -0.39 is 0 Å². The molecule has 3 rings (SSSR count). The van der Waals surface area contributed by atoms with E-state index in [4.69, 9.17) is 0 Å². The Kier molecular flexibility index (Phi) is 1.37. The summed E-state index contributed by atoms with van der Waals surface area (Å²) in [5.74, 6) is 1.10. The van der Waals surface area contributed by atoms with Crippen molar-refractivity contribution in [3.05, 3.63) is 18.6 Å². The molecule has 1 saturated heterocycles. The van der Waals surface area contributed by atoms with Crippen molar-refractivity contribution in [1.82, 2.24) is 9.97 Å². The third-order valence-electron chi connectivity index (χ3n) is 3.29. The molecule has 1 aliphatic carbocycles. The fraction of sp³-hybridized carbons (Fsp3) is 0.600. The molecular formula is C10H13N3. The molecular weight excluding hydrogens is 162 g/mol. The first-order valence-electron chi connectivity index (χ1n) is 4.89. The lowest BCUT2D eigenvalue weighted by Crippen LogP contribution is -2.20. The molecule has 0 unspecified atom stereocenters. The summed E-state index contributed by atoms with van der Waals surface area (Å²) in [6.07, 6.45) is 7.66. The van der Waals surface area contributed by atoms with E-state index in [9.17, 15) is 0 Å². The van der Waals surface area contributed by atoms with Crippen LogP contribution < -0.4 is 4.90 Å². The molecule has 0 radical (unpaired) electrons. The number of rotatable bonds is 1. The molecule has 1 saturated carbocycles. The van der Waals surface area contributed by atoms with Gasteiger partial charge in [0.25, 0.3) is 0 Å². The molecule has 1 aromatic heterocycles. The average molecular weight is 175 g/mol. The molecule has 2 heterocycles. The van der Waals surface area contributed by atoms with Crippen LogP contribution in [0.5, 0.6) is 0 Å². The second kappa shape index (κ2) is 2.44. The highest BCUT2D eigenvalue weighted by Gasteiger charge is 2.47. The molecule has 2 aliphatic rings. The average Bonchev–Trinajstić information content (AvgIpc) is 2.78. The lowest BCUT2D eigenvalue weighted by Gasteiger charge is -2.16. The van der Waals surface area contributed by atoms with Crippen molar-refractivity contribution in [3.63, 3.8) is 0 Å². The molecule has 0 bridgehead atoms. The minimum atomic E-state index is 0.685. The van der Waals surface area contributed by atoms with Gasteiger partial charge in [0.05, 0.1) is 0 Å². The zero-order chi connectivity index (χ0) is 8.73. The fourth-order valence-electron chi connectivity index (χ4n) is 2.19. The van der Waals surface area contributed by atoms with Crippen LogP contribution in [-0.2, 0) is 0 Å². The van der Waals surface area contributed by atoms with E-state index in [1.54, 1.807) is 6.33 Å². The number of anilines is 1. The Hall–Kier alpha value is -1.12. The van der Waals surface area contributed by atoms with Crippen LogP contribution in [0.4, 0.5) is 5.82 Å². The van der Waals surface area contributed by atoms with Crippen LogP contribution in [0.25, 0.3) is 0 Å². The highest BCUT2D eigenvalue weighted by atomic mass is 15.2. The molecule has 1 aliphatic heterocycles. The van der Waals surface area contributed by atoms with Crippen molar-refractivity contribution in [3.8, 4) is 0 Å². The van der Waals surface area contributed by atoms with Gasteiger partial charge in [0, 0.05) is 19.3 Å². The molecule has 2 fully saturated rings. The quantitative estimate of drug-likeness (QED) is 0.647. The van der Waals surface area contributed by atoms with E-state index in [0.29, 0.717) is 5.41 Å². The zero-order valence-corrected chi connectivity index (χ0v) is 7.61. The molecule has 0 aromatic carbocycles. The molecule has 0 amide bonds. The van der Waals surface area contributed by atoms with E-state index in [1.165, 1.54) is 32.4 Å². The summed E-state index contributed by atoms with van der Waals surface area (Å²) in [4.78, 5) is 10.6. The Balaban J connectivity index is 1.80. The molecule has 0 N–H and O–H groups in total. The van der Waals surface area contributed by atoms with Crippen molar-refractivity contribution < 1.29 is 0 Å². The number of hydrogen-bond acceptors (Lipinski definition) is 3. The molecule has 0 atom stereocenters.